The first-order valence-electron chi connectivity index (χ1n) is 10.7. The number of hydrogen-bond acceptors (Lipinski definition) is 6. The Balaban J connectivity index is 1.70. The van der Waals surface area contributed by atoms with Crippen molar-refractivity contribution in [2.24, 2.45) is 11.8 Å². The second-order valence-electron chi connectivity index (χ2n) is 7.75. The lowest BCUT2D eigenvalue weighted by atomic mass is 10.1. The molecule has 8 heteroatoms. The highest BCUT2D eigenvalue weighted by molar-refractivity contribution is 5.93. The zero-order valence-corrected chi connectivity index (χ0v) is 16.6. The molecule has 1 atom stereocenters. The molecular weight excluding hydrogens is 365 g/mol. The molecule has 2 aliphatic rings. The molecule has 0 spiro atoms. The molecule has 3 rings (SSSR count). The van der Waals surface area contributed by atoms with Crippen molar-refractivity contribution < 1.29 is 26.1 Å². The number of ether oxygens (including phenoxy) is 3. The third-order valence-electron chi connectivity index (χ3n) is 5.19. The molecule has 1 amide bonds. The molecule has 0 bridgehead atoms. The molecule has 1 aliphatic carbocycles. The van der Waals surface area contributed by atoms with Crippen molar-refractivity contribution in [3.63, 3.8) is 0 Å². The summed E-state index contributed by atoms with van der Waals surface area (Å²) in [5.41, 5.74) is 1.01. The van der Waals surface area contributed by atoms with E-state index in [9.17, 15) is 9.18 Å². The molecular formula is C20H30FN3O4. The fraction of sp³-hybridized carbons (Fsp3) is 0.700. The molecule has 1 unspecified atom stereocenters. The van der Waals surface area contributed by atoms with Crippen LogP contribution < -0.4 is 15.0 Å². The minimum Gasteiger partial charge on any atom is -0.476 e. The van der Waals surface area contributed by atoms with Crippen molar-refractivity contribution in [1.82, 2.24) is 10.3 Å². The van der Waals surface area contributed by atoms with Crippen LogP contribution in [-0.4, -0.2) is 63.3 Å². The molecule has 1 N–H and O–H groups in total. The number of carbonyl (C=O) groups is 1. The van der Waals surface area contributed by atoms with Crippen LogP contribution in [0.4, 0.5) is 10.1 Å². The first-order chi connectivity index (χ1) is 14.2. The van der Waals surface area contributed by atoms with Gasteiger partial charge in [0.2, 0.25) is 5.88 Å². The Hall–Kier alpha value is -1.93. The van der Waals surface area contributed by atoms with Crippen molar-refractivity contribution in [1.29, 1.82) is 0 Å². The fourth-order valence-corrected chi connectivity index (χ4v) is 2.94. The summed E-state index contributed by atoms with van der Waals surface area (Å²) >= 11 is 0. The van der Waals surface area contributed by atoms with E-state index in [1.807, 2.05) is 19.9 Å². The smallest absolute Gasteiger partial charge is 0.270 e. The van der Waals surface area contributed by atoms with Gasteiger partial charge in [0.25, 0.3) is 5.91 Å². The molecule has 2 fully saturated rings. The number of hydrogen-bond donors (Lipinski definition) is 1. The molecule has 1 aromatic heterocycles. The minimum absolute atomic E-state index is 0.0896. The number of carbonyl (C=O) groups excluding carboxylic acids is 1. The van der Waals surface area contributed by atoms with E-state index in [0.29, 0.717) is 18.4 Å². The number of aromatic nitrogens is 1. The Labute approximate surface area is 168 Å². The minimum atomic E-state index is -3.25. The highest BCUT2D eigenvalue weighted by Gasteiger charge is 2.31. The highest BCUT2D eigenvalue weighted by atomic mass is 19.1. The maximum atomic E-state index is 13.0. The summed E-state index contributed by atoms with van der Waals surface area (Å²) in [6, 6.07) is 2.87. The van der Waals surface area contributed by atoms with Crippen molar-refractivity contribution in [2.45, 2.75) is 38.8 Å². The zero-order valence-electron chi connectivity index (χ0n) is 18.6. The summed E-state index contributed by atoms with van der Waals surface area (Å²) in [6.07, 6.45) is 2.46. The van der Waals surface area contributed by atoms with Gasteiger partial charge in [0.15, 0.2) is 6.81 Å². The molecule has 1 saturated heterocycles. The molecule has 7 nitrogen and oxygen atoms in total. The largest absolute Gasteiger partial charge is 0.476 e. The molecule has 2 heterocycles. The van der Waals surface area contributed by atoms with Crippen molar-refractivity contribution in [3.05, 3.63) is 17.8 Å². The normalized spacial score (nSPS) is 19.7. The fourth-order valence-electron chi connectivity index (χ4n) is 2.94. The number of pyridine rings is 1. The van der Waals surface area contributed by atoms with E-state index in [4.69, 9.17) is 12.2 Å². The number of amides is 1. The Kier molecular flexibility index (Phi) is 6.16. The first kappa shape index (κ1) is 18.1. The van der Waals surface area contributed by atoms with E-state index in [2.05, 4.69) is 19.9 Å². The number of anilines is 1. The van der Waals surface area contributed by atoms with Crippen LogP contribution in [0.15, 0.2) is 12.1 Å². The van der Waals surface area contributed by atoms with Crippen molar-refractivity contribution >= 4 is 11.6 Å². The van der Waals surface area contributed by atoms with Crippen molar-refractivity contribution in [3.8, 4) is 5.88 Å². The number of halogens is 1. The lowest BCUT2D eigenvalue weighted by molar-refractivity contribution is 0.0343. The van der Waals surface area contributed by atoms with Gasteiger partial charge in [-0.05, 0) is 36.8 Å². The van der Waals surface area contributed by atoms with E-state index in [0.717, 1.165) is 31.6 Å². The molecule has 28 heavy (non-hydrogen) atoms. The van der Waals surface area contributed by atoms with Gasteiger partial charge in [-0.1, -0.05) is 13.8 Å². The van der Waals surface area contributed by atoms with Crippen LogP contribution >= 0.6 is 0 Å². The van der Waals surface area contributed by atoms with Crippen LogP contribution in [-0.2, 0) is 9.47 Å². The number of methoxy groups -OCH3 is 1. The van der Waals surface area contributed by atoms with E-state index in [1.165, 1.54) is 0 Å². The van der Waals surface area contributed by atoms with Gasteiger partial charge in [0.05, 0.1) is 28.1 Å². The lowest BCUT2D eigenvalue weighted by Gasteiger charge is -2.40. The van der Waals surface area contributed by atoms with Gasteiger partial charge < -0.3 is 24.4 Å². The summed E-state index contributed by atoms with van der Waals surface area (Å²) in [7, 11) is 1.68. The number of alkyl halides is 1. The second-order valence-corrected chi connectivity index (χ2v) is 7.75. The number of nitrogens with one attached hydrogen (secondary N) is 1. The van der Waals surface area contributed by atoms with E-state index in [1.54, 1.807) is 13.2 Å². The number of nitrogens with zero attached hydrogens (tertiary/aromatic N) is 2. The van der Waals surface area contributed by atoms with Crippen LogP contribution in [0.5, 0.6) is 5.88 Å². The van der Waals surface area contributed by atoms with E-state index < -0.39 is 18.8 Å². The molecule has 0 aromatic carbocycles. The van der Waals surface area contributed by atoms with Gasteiger partial charge in [-0.15, -0.1) is 0 Å². The van der Waals surface area contributed by atoms with Crippen LogP contribution in [0.1, 0.15) is 39.9 Å². The first-order valence-corrected chi connectivity index (χ1v) is 9.71. The Bertz CT molecular complexity index is 737. The predicted molar refractivity (Wildman–Crippen MR) is 103 cm³/mol. The Morgan fingerprint density at radius 1 is 1.43 bits per heavy atom. The number of rotatable bonds is 11. The summed E-state index contributed by atoms with van der Waals surface area (Å²) in [4.78, 5) is 19.3. The summed E-state index contributed by atoms with van der Waals surface area (Å²) in [5, 5.41) is 2.75. The highest BCUT2D eigenvalue weighted by Crippen LogP contribution is 2.34. The summed E-state index contributed by atoms with van der Waals surface area (Å²) in [5.74, 6) is 0.422. The monoisotopic (exact) mass is 397 g/mol. The zero-order chi connectivity index (χ0) is 21.9. The van der Waals surface area contributed by atoms with Crippen LogP contribution in [0, 0.1) is 11.8 Å². The molecule has 1 aliphatic heterocycles. The van der Waals surface area contributed by atoms with Crippen molar-refractivity contribution in [2.75, 3.05) is 45.1 Å². The van der Waals surface area contributed by atoms with Gasteiger partial charge in [-0.3, -0.25) is 4.79 Å². The third-order valence-corrected chi connectivity index (χ3v) is 5.19. The maximum absolute atomic E-state index is 13.0. The second kappa shape index (κ2) is 9.52. The SMILES string of the molecule is [2H]C([2H])(F)OCC(NC(=O)c1ccc(N2CC(OC)C2)c(OCC2CC2)n1)C(C)C. The molecule has 0 radical (unpaired) electrons. The Morgan fingerprint density at radius 3 is 2.79 bits per heavy atom. The van der Waals surface area contributed by atoms with Gasteiger partial charge >= 0.3 is 0 Å². The average molecular weight is 397 g/mol. The quantitative estimate of drug-likeness (QED) is 0.618. The molecule has 1 saturated carbocycles. The topological polar surface area (TPSA) is 72.9 Å². The molecule has 1 aromatic rings. The summed E-state index contributed by atoms with van der Waals surface area (Å²) < 4.78 is 42.6. The van der Waals surface area contributed by atoms with Gasteiger partial charge in [0.1, 0.15) is 11.4 Å². The van der Waals surface area contributed by atoms with E-state index in [-0.39, 0.29) is 24.3 Å². The van der Waals surface area contributed by atoms with Gasteiger partial charge in [0, 0.05) is 20.2 Å². The van der Waals surface area contributed by atoms with E-state index >= 15 is 0 Å². The van der Waals surface area contributed by atoms with Gasteiger partial charge in [-0.2, -0.15) is 0 Å². The molecule has 156 valence electrons. The van der Waals surface area contributed by atoms with Crippen LogP contribution in [0.3, 0.4) is 0 Å². The predicted octanol–water partition coefficient (Wildman–Crippen LogP) is 2.40. The maximum Gasteiger partial charge on any atom is 0.270 e. The lowest BCUT2D eigenvalue weighted by Crippen LogP contribution is -2.52. The standard InChI is InChI=1S/C20H30FN3O4/c1-13(2)17(11-27-12-21)22-19(25)16-6-7-18(24-8-15(9-24)26-3)20(23-16)28-10-14-4-5-14/h6-7,13-15,17H,4-5,8-12H2,1-3H3,(H,22,25)/i12D2. The van der Waals surface area contributed by atoms with Crippen LogP contribution in [0.2, 0.25) is 0 Å². The average Bonchev–Trinajstić information content (AvgIpc) is 3.46. The summed E-state index contributed by atoms with van der Waals surface area (Å²) in [6.45, 7) is 2.17. The third kappa shape index (κ3) is 5.32. The Morgan fingerprint density at radius 2 is 2.18 bits per heavy atom. The van der Waals surface area contributed by atoms with Gasteiger partial charge in [-0.25, -0.2) is 9.37 Å². The van der Waals surface area contributed by atoms with Crippen LogP contribution in [0.25, 0.3) is 0 Å².